The number of pyridine rings is 1. The highest BCUT2D eigenvalue weighted by atomic mass is 19.1. The summed E-state index contributed by atoms with van der Waals surface area (Å²) < 4.78 is 12.8. The Kier molecular flexibility index (Phi) is 5.49. The minimum Gasteiger partial charge on any atom is -0.387 e. The first kappa shape index (κ1) is 15.4. The van der Waals surface area contributed by atoms with Gasteiger partial charge in [0.2, 0.25) is 0 Å². The van der Waals surface area contributed by atoms with Crippen molar-refractivity contribution in [1.82, 2.24) is 9.88 Å². The van der Waals surface area contributed by atoms with Crippen LogP contribution in [0, 0.1) is 11.7 Å². The second kappa shape index (κ2) is 7.14. The molecule has 0 radical (unpaired) electrons. The Bertz CT molecular complexity index is 403. The average molecular weight is 280 g/mol. The third-order valence-electron chi connectivity index (χ3n) is 3.84. The topological polar surface area (TPSA) is 36.4 Å². The van der Waals surface area contributed by atoms with Crippen LogP contribution < -0.4 is 0 Å². The van der Waals surface area contributed by atoms with Crippen LogP contribution in [0.4, 0.5) is 4.39 Å². The number of nitrogens with zero attached hydrogens (tertiary/aromatic N) is 2. The van der Waals surface area contributed by atoms with Gasteiger partial charge in [0.25, 0.3) is 0 Å². The predicted molar refractivity (Wildman–Crippen MR) is 77.8 cm³/mol. The highest BCUT2D eigenvalue weighted by Crippen LogP contribution is 2.28. The molecule has 1 aliphatic rings. The molecule has 0 spiro atoms. The van der Waals surface area contributed by atoms with Crippen molar-refractivity contribution in [2.75, 3.05) is 13.1 Å². The molecule has 0 aliphatic heterocycles. The van der Waals surface area contributed by atoms with Crippen molar-refractivity contribution in [1.29, 1.82) is 0 Å². The Balaban J connectivity index is 1.80. The molecule has 0 amide bonds. The second-order valence-corrected chi connectivity index (χ2v) is 6.16. The quantitative estimate of drug-likeness (QED) is 0.794. The molecule has 1 fully saturated rings. The Morgan fingerprint density at radius 1 is 1.30 bits per heavy atom. The van der Waals surface area contributed by atoms with E-state index in [0.29, 0.717) is 24.1 Å². The monoisotopic (exact) mass is 280 g/mol. The van der Waals surface area contributed by atoms with Gasteiger partial charge in [-0.05, 0) is 50.3 Å². The van der Waals surface area contributed by atoms with E-state index in [0.717, 1.165) is 19.3 Å². The fourth-order valence-corrected chi connectivity index (χ4v) is 2.36. The fraction of sp³-hybridized carbons (Fsp3) is 0.688. The summed E-state index contributed by atoms with van der Waals surface area (Å²) in [6.45, 7) is 6.47. The summed E-state index contributed by atoms with van der Waals surface area (Å²) in [6.07, 6.45) is 4.98. The van der Waals surface area contributed by atoms with Crippen LogP contribution in [0.5, 0.6) is 0 Å². The molecule has 1 aromatic rings. The van der Waals surface area contributed by atoms with Crippen molar-refractivity contribution in [2.45, 2.75) is 51.7 Å². The van der Waals surface area contributed by atoms with E-state index in [1.807, 2.05) is 0 Å². The molecule has 2 rings (SSSR count). The lowest BCUT2D eigenvalue weighted by molar-refractivity contribution is 0.133. The molecule has 1 atom stereocenters. The van der Waals surface area contributed by atoms with E-state index in [4.69, 9.17) is 0 Å². The summed E-state index contributed by atoms with van der Waals surface area (Å²) in [5.41, 5.74) is 0.561. The summed E-state index contributed by atoms with van der Waals surface area (Å²) in [4.78, 5) is 6.43. The maximum Gasteiger partial charge on any atom is 0.141 e. The van der Waals surface area contributed by atoms with E-state index < -0.39 is 6.10 Å². The van der Waals surface area contributed by atoms with Gasteiger partial charge in [0.15, 0.2) is 0 Å². The van der Waals surface area contributed by atoms with Crippen molar-refractivity contribution < 1.29 is 9.50 Å². The molecule has 1 aromatic heterocycles. The van der Waals surface area contributed by atoms with Crippen molar-refractivity contribution in [3.63, 3.8) is 0 Å². The first-order valence-corrected chi connectivity index (χ1v) is 7.60. The molecule has 1 N–H and O–H groups in total. The van der Waals surface area contributed by atoms with Crippen molar-refractivity contribution in [3.05, 3.63) is 29.8 Å². The number of aliphatic hydroxyl groups excluding tert-OH is 1. The third-order valence-corrected chi connectivity index (χ3v) is 3.84. The van der Waals surface area contributed by atoms with Crippen LogP contribution in [0.3, 0.4) is 0 Å². The van der Waals surface area contributed by atoms with E-state index in [1.54, 1.807) is 6.07 Å². The molecule has 4 heteroatoms. The molecule has 0 bridgehead atoms. The highest BCUT2D eigenvalue weighted by molar-refractivity contribution is 5.08. The van der Waals surface area contributed by atoms with E-state index in [9.17, 15) is 9.50 Å². The van der Waals surface area contributed by atoms with Crippen LogP contribution in [0.15, 0.2) is 18.3 Å². The maximum absolute atomic E-state index is 12.8. The third kappa shape index (κ3) is 4.84. The maximum atomic E-state index is 12.8. The van der Waals surface area contributed by atoms with Gasteiger partial charge in [-0.1, -0.05) is 13.8 Å². The number of hydrogen-bond acceptors (Lipinski definition) is 3. The second-order valence-electron chi connectivity index (χ2n) is 6.16. The van der Waals surface area contributed by atoms with Gasteiger partial charge in [-0.15, -0.1) is 0 Å². The van der Waals surface area contributed by atoms with Gasteiger partial charge in [0.1, 0.15) is 5.82 Å². The minimum absolute atomic E-state index is 0.363. The normalized spacial score (nSPS) is 16.9. The smallest absolute Gasteiger partial charge is 0.141 e. The van der Waals surface area contributed by atoms with Gasteiger partial charge in [-0.25, -0.2) is 4.39 Å². The van der Waals surface area contributed by atoms with Crippen molar-refractivity contribution in [3.8, 4) is 0 Å². The van der Waals surface area contributed by atoms with Crippen molar-refractivity contribution in [2.24, 2.45) is 5.92 Å². The molecular formula is C16H25FN2O. The van der Waals surface area contributed by atoms with Gasteiger partial charge in [-0.2, -0.15) is 0 Å². The molecule has 112 valence electrons. The minimum atomic E-state index is -0.601. The van der Waals surface area contributed by atoms with Crippen LogP contribution in [0.1, 0.15) is 51.3 Å². The van der Waals surface area contributed by atoms with E-state index >= 15 is 0 Å². The molecule has 20 heavy (non-hydrogen) atoms. The molecule has 1 saturated carbocycles. The summed E-state index contributed by atoms with van der Waals surface area (Å²) in [7, 11) is 0. The fourth-order valence-electron chi connectivity index (χ4n) is 2.36. The molecule has 3 nitrogen and oxygen atoms in total. The summed E-state index contributed by atoms with van der Waals surface area (Å²) >= 11 is 0. The van der Waals surface area contributed by atoms with E-state index in [-0.39, 0.29) is 5.82 Å². The molecule has 0 aromatic carbocycles. The predicted octanol–water partition coefficient (Wildman–Crippen LogP) is 3.15. The molecule has 1 unspecified atom stereocenters. The Hall–Kier alpha value is -1.00. The lowest BCUT2D eigenvalue weighted by atomic mass is 10.1. The summed E-state index contributed by atoms with van der Waals surface area (Å²) in [5, 5.41) is 10.1. The van der Waals surface area contributed by atoms with E-state index in [1.165, 1.54) is 25.3 Å². The summed E-state index contributed by atoms with van der Waals surface area (Å²) in [5.74, 6) is 0.345. The van der Waals surface area contributed by atoms with Crippen LogP contribution in [0.25, 0.3) is 0 Å². The first-order valence-electron chi connectivity index (χ1n) is 7.60. The van der Waals surface area contributed by atoms with Gasteiger partial charge >= 0.3 is 0 Å². The number of aromatic nitrogens is 1. The lowest BCUT2D eigenvalue weighted by Gasteiger charge is -2.24. The highest BCUT2D eigenvalue weighted by Gasteiger charge is 2.28. The van der Waals surface area contributed by atoms with Crippen LogP contribution >= 0.6 is 0 Å². The number of hydrogen-bond donors (Lipinski definition) is 1. The van der Waals surface area contributed by atoms with Crippen LogP contribution in [-0.2, 0) is 0 Å². The first-order chi connectivity index (χ1) is 9.56. The number of aliphatic hydroxyl groups is 1. The largest absolute Gasteiger partial charge is 0.387 e. The zero-order valence-corrected chi connectivity index (χ0v) is 12.4. The average Bonchev–Trinajstić information content (AvgIpc) is 3.23. The SMILES string of the molecule is CC(C)CCN(CCC(O)c1ccc(F)cn1)C1CC1. The van der Waals surface area contributed by atoms with Gasteiger partial charge < -0.3 is 10.0 Å². The van der Waals surface area contributed by atoms with Gasteiger partial charge in [-0.3, -0.25) is 4.98 Å². The number of rotatable bonds is 8. The van der Waals surface area contributed by atoms with Gasteiger partial charge in [0, 0.05) is 12.6 Å². The Labute approximate surface area is 120 Å². The molecule has 1 heterocycles. The Morgan fingerprint density at radius 3 is 2.55 bits per heavy atom. The van der Waals surface area contributed by atoms with Crippen LogP contribution in [-0.4, -0.2) is 34.1 Å². The van der Waals surface area contributed by atoms with Crippen molar-refractivity contribution >= 4 is 0 Å². The van der Waals surface area contributed by atoms with Gasteiger partial charge in [0.05, 0.1) is 18.0 Å². The zero-order chi connectivity index (χ0) is 14.5. The number of halogens is 1. The summed E-state index contributed by atoms with van der Waals surface area (Å²) in [6, 6.07) is 3.63. The molecule has 0 saturated heterocycles. The standard InChI is InChI=1S/C16H25FN2O/c1-12(2)7-9-19(14-4-5-14)10-8-16(20)15-6-3-13(17)11-18-15/h3,6,11-12,14,16,20H,4-5,7-10H2,1-2H3. The molecule has 1 aliphatic carbocycles. The van der Waals surface area contributed by atoms with E-state index in [2.05, 4.69) is 23.7 Å². The molecular weight excluding hydrogens is 255 g/mol. The lowest BCUT2D eigenvalue weighted by Crippen LogP contribution is -2.30. The zero-order valence-electron chi connectivity index (χ0n) is 12.4. The Morgan fingerprint density at radius 2 is 2.00 bits per heavy atom. The van der Waals surface area contributed by atoms with Crippen LogP contribution in [0.2, 0.25) is 0 Å².